The first kappa shape index (κ1) is 27.6. The van der Waals surface area contributed by atoms with Crippen LogP contribution in [0, 0.1) is 6.92 Å². The molecule has 0 saturated heterocycles. The average Bonchev–Trinajstić information content (AvgIpc) is 2.91. The number of hydrogen-bond donors (Lipinski definition) is 1. The molecule has 202 valence electrons. The van der Waals surface area contributed by atoms with Crippen LogP contribution in [0.1, 0.15) is 16.7 Å². The summed E-state index contributed by atoms with van der Waals surface area (Å²) in [6, 6.07) is 18.2. The lowest BCUT2D eigenvalue weighted by Crippen LogP contribution is -2.14. The molecule has 0 aliphatic rings. The first-order valence-electron chi connectivity index (χ1n) is 11.6. The van der Waals surface area contributed by atoms with E-state index >= 15 is 0 Å². The summed E-state index contributed by atoms with van der Waals surface area (Å²) in [5.41, 5.74) is 1.72. The Morgan fingerprint density at radius 3 is 2.28 bits per heavy atom. The fourth-order valence-corrected chi connectivity index (χ4v) is 4.18. The summed E-state index contributed by atoms with van der Waals surface area (Å²) in [6.45, 7) is 1.79. The molecule has 0 bridgehead atoms. The van der Waals surface area contributed by atoms with Crippen LogP contribution >= 0.6 is 0 Å². The van der Waals surface area contributed by atoms with Crippen LogP contribution in [0.15, 0.2) is 84.7 Å². The van der Waals surface area contributed by atoms with Crippen LogP contribution in [0.4, 0.5) is 19.0 Å². The highest BCUT2D eigenvalue weighted by atomic mass is 32.2. The SMILES string of the molecule is Cc1ccc(-c2c(NS(=O)(=O)C=Cc3ccccc3)ncnc2OCCOc2ccc(C(F)(F)F)cn2)cc1. The third kappa shape index (κ3) is 7.77. The van der Waals surface area contributed by atoms with Crippen LogP contribution in [-0.2, 0) is 16.2 Å². The Hall–Kier alpha value is -4.45. The van der Waals surface area contributed by atoms with E-state index in [1.165, 1.54) is 6.08 Å². The van der Waals surface area contributed by atoms with Crippen LogP contribution in [0.5, 0.6) is 11.8 Å². The van der Waals surface area contributed by atoms with Crippen molar-refractivity contribution in [1.82, 2.24) is 15.0 Å². The molecule has 1 N–H and O–H groups in total. The highest BCUT2D eigenvalue weighted by Crippen LogP contribution is 2.35. The van der Waals surface area contributed by atoms with Gasteiger partial charge in [-0.15, -0.1) is 0 Å². The molecule has 4 rings (SSSR count). The Balaban J connectivity index is 1.52. The molecule has 0 fully saturated rings. The van der Waals surface area contributed by atoms with E-state index in [1.807, 2.05) is 25.1 Å². The van der Waals surface area contributed by atoms with E-state index in [0.29, 0.717) is 22.9 Å². The van der Waals surface area contributed by atoms with Gasteiger partial charge in [-0.3, -0.25) is 4.72 Å². The van der Waals surface area contributed by atoms with E-state index < -0.39 is 21.8 Å². The van der Waals surface area contributed by atoms with Crippen LogP contribution in [0.3, 0.4) is 0 Å². The first-order chi connectivity index (χ1) is 18.6. The monoisotopic (exact) mass is 556 g/mol. The highest BCUT2D eigenvalue weighted by molar-refractivity contribution is 7.95. The average molecular weight is 557 g/mol. The number of pyridine rings is 1. The van der Waals surface area contributed by atoms with Crippen molar-refractivity contribution in [3.05, 3.63) is 101 Å². The summed E-state index contributed by atoms with van der Waals surface area (Å²) in [5, 5.41) is 1.04. The van der Waals surface area contributed by atoms with E-state index in [1.54, 1.807) is 36.4 Å². The number of anilines is 1. The summed E-state index contributed by atoms with van der Waals surface area (Å²) >= 11 is 0. The minimum atomic E-state index is -4.50. The second-order valence-corrected chi connectivity index (χ2v) is 9.78. The van der Waals surface area contributed by atoms with E-state index in [9.17, 15) is 21.6 Å². The van der Waals surface area contributed by atoms with Crippen molar-refractivity contribution in [2.75, 3.05) is 17.9 Å². The van der Waals surface area contributed by atoms with Gasteiger partial charge in [-0.05, 0) is 30.2 Å². The van der Waals surface area contributed by atoms with Gasteiger partial charge in [-0.25, -0.2) is 23.4 Å². The summed E-state index contributed by atoms with van der Waals surface area (Å²) in [6.07, 6.45) is -1.20. The zero-order valence-electron chi connectivity index (χ0n) is 20.6. The van der Waals surface area contributed by atoms with E-state index in [2.05, 4.69) is 19.7 Å². The number of aromatic nitrogens is 3. The fraction of sp³-hybridized carbons (Fsp3) is 0.148. The number of benzene rings is 2. The molecule has 0 atom stereocenters. The molecule has 8 nitrogen and oxygen atoms in total. The van der Waals surface area contributed by atoms with Gasteiger partial charge in [-0.1, -0.05) is 60.2 Å². The summed E-state index contributed by atoms with van der Waals surface area (Å²) in [4.78, 5) is 11.9. The molecule has 0 unspecified atom stereocenters. The van der Waals surface area contributed by atoms with Gasteiger partial charge >= 0.3 is 6.18 Å². The molecule has 12 heteroatoms. The van der Waals surface area contributed by atoms with Crippen LogP contribution in [0.2, 0.25) is 0 Å². The zero-order valence-corrected chi connectivity index (χ0v) is 21.4. The summed E-state index contributed by atoms with van der Waals surface area (Å²) < 4.78 is 77.4. The van der Waals surface area contributed by atoms with Gasteiger partial charge in [0.05, 0.1) is 16.5 Å². The van der Waals surface area contributed by atoms with Crippen molar-refractivity contribution >= 4 is 21.9 Å². The van der Waals surface area contributed by atoms with Crippen molar-refractivity contribution < 1.29 is 31.1 Å². The lowest BCUT2D eigenvalue weighted by Gasteiger charge is -2.15. The van der Waals surface area contributed by atoms with Gasteiger partial charge in [0.1, 0.15) is 19.5 Å². The lowest BCUT2D eigenvalue weighted by atomic mass is 10.1. The second-order valence-electron chi connectivity index (χ2n) is 8.21. The lowest BCUT2D eigenvalue weighted by molar-refractivity contribution is -0.137. The van der Waals surface area contributed by atoms with Crippen LogP contribution in [-0.4, -0.2) is 36.6 Å². The Labute approximate surface area is 223 Å². The molecule has 0 radical (unpaired) electrons. The maximum absolute atomic E-state index is 12.8. The molecule has 2 heterocycles. The Kier molecular flexibility index (Phi) is 8.45. The number of sulfonamides is 1. The minimum absolute atomic E-state index is 0.00638. The van der Waals surface area contributed by atoms with Gasteiger partial charge in [0.15, 0.2) is 5.82 Å². The second kappa shape index (κ2) is 11.9. The van der Waals surface area contributed by atoms with Gasteiger partial charge in [-0.2, -0.15) is 13.2 Å². The minimum Gasteiger partial charge on any atom is -0.474 e. The third-order valence-corrected chi connectivity index (χ3v) is 6.24. The van der Waals surface area contributed by atoms with Gasteiger partial charge in [0.25, 0.3) is 10.0 Å². The first-order valence-corrected chi connectivity index (χ1v) is 13.1. The smallest absolute Gasteiger partial charge is 0.417 e. The van der Waals surface area contributed by atoms with Gasteiger partial charge in [0.2, 0.25) is 11.8 Å². The molecular formula is C27H23F3N4O4S. The van der Waals surface area contributed by atoms with Crippen molar-refractivity contribution in [3.8, 4) is 22.9 Å². The Morgan fingerprint density at radius 2 is 1.62 bits per heavy atom. The van der Waals surface area contributed by atoms with Crippen molar-refractivity contribution in [1.29, 1.82) is 0 Å². The summed E-state index contributed by atoms with van der Waals surface area (Å²) in [5.74, 6) is 0.0844. The maximum atomic E-state index is 12.8. The molecule has 0 spiro atoms. The van der Waals surface area contributed by atoms with Crippen LogP contribution < -0.4 is 14.2 Å². The number of hydrogen-bond acceptors (Lipinski definition) is 7. The highest BCUT2D eigenvalue weighted by Gasteiger charge is 2.30. The van der Waals surface area contributed by atoms with Gasteiger partial charge in [0, 0.05) is 12.3 Å². The molecule has 2 aromatic carbocycles. The predicted molar refractivity (Wildman–Crippen MR) is 140 cm³/mol. The largest absolute Gasteiger partial charge is 0.474 e. The Morgan fingerprint density at radius 1 is 0.897 bits per heavy atom. The molecular weight excluding hydrogens is 533 g/mol. The quantitative estimate of drug-likeness (QED) is 0.249. The number of halogens is 3. The van der Waals surface area contributed by atoms with Crippen molar-refractivity contribution in [2.45, 2.75) is 13.1 Å². The number of aryl methyl sites for hydroxylation is 1. The molecule has 2 aromatic heterocycles. The topological polar surface area (TPSA) is 103 Å². The van der Waals surface area contributed by atoms with Crippen molar-refractivity contribution in [3.63, 3.8) is 0 Å². The predicted octanol–water partition coefficient (Wildman–Crippen LogP) is 5.74. The molecule has 0 aliphatic heterocycles. The maximum Gasteiger partial charge on any atom is 0.417 e. The molecule has 0 saturated carbocycles. The molecule has 4 aromatic rings. The van der Waals surface area contributed by atoms with Gasteiger partial charge < -0.3 is 9.47 Å². The normalized spacial score (nSPS) is 11.9. The summed E-state index contributed by atoms with van der Waals surface area (Å²) in [7, 11) is -3.95. The van der Waals surface area contributed by atoms with Crippen molar-refractivity contribution in [2.24, 2.45) is 0 Å². The third-order valence-electron chi connectivity index (χ3n) is 5.27. The Bertz CT molecular complexity index is 1530. The molecule has 39 heavy (non-hydrogen) atoms. The number of alkyl halides is 3. The number of rotatable bonds is 10. The van der Waals surface area contributed by atoms with E-state index in [0.717, 1.165) is 29.4 Å². The number of ether oxygens (including phenoxy) is 2. The fourth-order valence-electron chi connectivity index (χ4n) is 3.36. The molecule has 0 aliphatic carbocycles. The number of nitrogens with zero attached hydrogens (tertiary/aromatic N) is 3. The van der Waals surface area contributed by atoms with E-state index in [4.69, 9.17) is 9.47 Å². The number of nitrogens with one attached hydrogen (secondary N) is 1. The van der Waals surface area contributed by atoms with E-state index in [-0.39, 0.29) is 30.8 Å². The zero-order chi connectivity index (χ0) is 27.9. The van der Waals surface area contributed by atoms with Crippen LogP contribution in [0.25, 0.3) is 17.2 Å². The standard InChI is InChI=1S/C27H23F3N4O4S/c1-19-7-9-21(10-8-19)24-25(34-39(35,36)16-13-20-5-3-2-4-6-20)32-18-33-26(24)38-15-14-37-23-12-11-22(17-31-23)27(28,29)30/h2-13,16-18H,14-15H2,1H3,(H,32,33,34). The molecule has 0 amide bonds.